The molecule has 1 aromatic rings. The molecule has 0 radical (unpaired) electrons. The fourth-order valence-corrected chi connectivity index (χ4v) is 2.76. The van der Waals surface area contributed by atoms with Crippen LogP contribution in [0.25, 0.3) is 0 Å². The van der Waals surface area contributed by atoms with Crippen molar-refractivity contribution in [1.82, 2.24) is 20.4 Å². The zero-order valence-corrected chi connectivity index (χ0v) is 15.6. The molecule has 144 valence electrons. The molecule has 7 heteroatoms. The molecular formula is C19H30N4O3. The Kier molecular flexibility index (Phi) is 8.92. The van der Waals surface area contributed by atoms with E-state index in [0.717, 1.165) is 44.9 Å². The Bertz CT molecular complexity index is 545. The molecule has 2 rings (SSSR count). The van der Waals surface area contributed by atoms with Gasteiger partial charge in [0.25, 0.3) is 0 Å². The summed E-state index contributed by atoms with van der Waals surface area (Å²) in [7, 11) is 0. The number of para-hydroxylation sites is 1. The molecule has 0 spiro atoms. The number of piperazine rings is 1. The average molecular weight is 362 g/mol. The topological polar surface area (TPSA) is 73.9 Å². The van der Waals surface area contributed by atoms with Gasteiger partial charge >= 0.3 is 0 Å². The van der Waals surface area contributed by atoms with E-state index in [2.05, 4.69) is 20.4 Å². The number of ether oxygens (including phenoxy) is 1. The number of hydrogen-bond acceptors (Lipinski definition) is 5. The minimum absolute atomic E-state index is 0.0100. The molecule has 1 fully saturated rings. The molecule has 26 heavy (non-hydrogen) atoms. The summed E-state index contributed by atoms with van der Waals surface area (Å²) in [6.07, 6.45) is 0.949. The maximum Gasteiger partial charge on any atom is 0.234 e. The van der Waals surface area contributed by atoms with Crippen LogP contribution in [0.5, 0.6) is 5.75 Å². The van der Waals surface area contributed by atoms with Gasteiger partial charge in [-0.1, -0.05) is 25.1 Å². The summed E-state index contributed by atoms with van der Waals surface area (Å²) in [5, 5.41) is 5.78. The molecule has 1 aliphatic rings. The van der Waals surface area contributed by atoms with Crippen LogP contribution in [0.1, 0.15) is 13.3 Å². The summed E-state index contributed by atoms with van der Waals surface area (Å²) >= 11 is 0. The molecule has 0 saturated carbocycles. The van der Waals surface area contributed by atoms with Gasteiger partial charge in [0.15, 0.2) is 0 Å². The molecule has 0 unspecified atom stereocenters. The van der Waals surface area contributed by atoms with E-state index in [4.69, 9.17) is 4.74 Å². The standard InChI is InChI=1S/C19H30N4O3/c1-2-8-20-18(24)15-22-10-12-23(13-11-22)16-19(25)21-9-14-26-17-6-4-3-5-7-17/h3-7H,2,8-16H2,1H3,(H,20,24)(H,21,25). The second kappa shape index (κ2) is 11.5. The van der Waals surface area contributed by atoms with Crippen molar-refractivity contribution in [3.63, 3.8) is 0 Å². The molecule has 1 aromatic carbocycles. The number of nitrogens with zero attached hydrogens (tertiary/aromatic N) is 2. The highest BCUT2D eigenvalue weighted by molar-refractivity contribution is 5.78. The summed E-state index contributed by atoms with van der Waals surface area (Å²) in [5.41, 5.74) is 0. The maximum absolute atomic E-state index is 12.0. The first kappa shape index (κ1) is 20.2. The molecule has 1 aliphatic heterocycles. The SMILES string of the molecule is CCCNC(=O)CN1CCN(CC(=O)NCCOc2ccccc2)CC1. The molecule has 2 amide bonds. The van der Waals surface area contributed by atoms with Crippen LogP contribution < -0.4 is 15.4 Å². The normalized spacial score (nSPS) is 15.4. The number of carbonyl (C=O) groups excluding carboxylic acids is 2. The van der Waals surface area contributed by atoms with Crippen LogP contribution >= 0.6 is 0 Å². The third-order valence-corrected chi connectivity index (χ3v) is 4.21. The Labute approximate surface area is 155 Å². The van der Waals surface area contributed by atoms with Gasteiger partial charge in [-0.05, 0) is 18.6 Å². The quantitative estimate of drug-likeness (QED) is 0.587. The van der Waals surface area contributed by atoms with Crippen molar-refractivity contribution >= 4 is 11.8 Å². The van der Waals surface area contributed by atoms with E-state index in [0.29, 0.717) is 26.2 Å². The third-order valence-electron chi connectivity index (χ3n) is 4.21. The van der Waals surface area contributed by atoms with Crippen molar-refractivity contribution in [1.29, 1.82) is 0 Å². The van der Waals surface area contributed by atoms with E-state index in [1.165, 1.54) is 0 Å². The molecule has 1 saturated heterocycles. The van der Waals surface area contributed by atoms with Crippen LogP contribution in [-0.4, -0.2) is 80.6 Å². The third kappa shape index (κ3) is 7.84. The molecule has 0 atom stereocenters. The van der Waals surface area contributed by atoms with E-state index in [1.807, 2.05) is 37.3 Å². The van der Waals surface area contributed by atoms with E-state index >= 15 is 0 Å². The average Bonchev–Trinajstić information content (AvgIpc) is 2.66. The first-order chi connectivity index (χ1) is 12.7. The molecule has 7 nitrogen and oxygen atoms in total. The van der Waals surface area contributed by atoms with Gasteiger partial charge in [-0.25, -0.2) is 0 Å². The fraction of sp³-hybridized carbons (Fsp3) is 0.579. The summed E-state index contributed by atoms with van der Waals surface area (Å²) < 4.78 is 5.55. The number of amides is 2. The van der Waals surface area contributed by atoms with Gasteiger partial charge in [0, 0.05) is 32.7 Å². The van der Waals surface area contributed by atoms with Crippen molar-refractivity contribution in [2.24, 2.45) is 0 Å². The van der Waals surface area contributed by atoms with Crippen LogP contribution in [0.4, 0.5) is 0 Å². The fourth-order valence-electron chi connectivity index (χ4n) is 2.76. The highest BCUT2D eigenvalue weighted by atomic mass is 16.5. The maximum atomic E-state index is 12.0. The predicted octanol–water partition coefficient (Wildman–Crippen LogP) is 0.325. The van der Waals surface area contributed by atoms with Gasteiger partial charge in [0.2, 0.25) is 11.8 Å². The largest absolute Gasteiger partial charge is 0.492 e. The Morgan fingerprint density at radius 3 is 2.00 bits per heavy atom. The van der Waals surface area contributed by atoms with Crippen molar-refractivity contribution < 1.29 is 14.3 Å². The number of rotatable bonds is 10. The monoisotopic (exact) mass is 362 g/mol. The molecule has 0 bridgehead atoms. The predicted molar refractivity (Wildman–Crippen MR) is 101 cm³/mol. The number of hydrogen-bond donors (Lipinski definition) is 2. The lowest BCUT2D eigenvalue weighted by atomic mass is 10.3. The van der Waals surface area contributed by atoms with E-state index in [1.54, 1.807) is 0 Å². The number of nitrogens with one attached hydrogen (secondary N) is 2. The molecule has 0 aliphatic carbocycles. The van der Waals surface area contributed by atoms with Gasteiger partial charge in [-0.2, -0.15) is 0 Å². The zero-order chi connectivity index (χ0) is 18.6. The Hall–Kier alpha value is -2.12. The lowest BCUT2D eigenvalue weighted by molar-refractivity contribution is -0.125. The summed E-state index contributed by atoms with van der Waals surface area (Å²) in [6, 6.07) is 9.56. The number of benzene rings is 1. The van der Waals surface area contributed by atoms with Crippen molar-refractivity contribution in [3.05, 3.63) is 30.3 Å². The second-order valence-corrected chi connectivity index (χ2v) is 6.41. The van der Waals surface area contributed by atoms with Crippen LogP contribution in [0, 0.1) is 0 Å². The van der Waals surface area contributed by atoms with Gasteiger partial charge < -0.3 is 15.4 Å². The molecule has 0 aromatic heterocycles. The highest BCUT2D eigenvalue weighted by Gasteiger charge is 2.20. The minimum Gasteiger partial charge on any atom is -0.492 e. The smallest absolute Gasteiger partial charge is 0.234 e. The summed E-state index contributed by atoms with van der Waals surface area (Å²) in [6.45, 7) is 7.77. The number of carbonyl (C=O) groups is 2. The van der Waals surface area contributed by atoms with Gasteiger partial charge in [0.1, 0.15) is 12.4 Å². The van der Waals surface area contributed by atoms with Crippen LogP contribution in [-0.2, 0) is 9.59 Å². The lowest BCUT2D eigenvalue weighted by Crippen LogP contribution is -2.51. The Morgan fingerprint density at radius 2 is 1.46 bits per heavy atom. The minimum atomic E-state index is 0.0100. The van der Waals surface area contributed by atoms with Crippen molar-refractivity contribution in [2.45, 2.75) is 13.3 Å². The first-order valence-corrected chi connectivity index (χ1v) is 9.33. The molecule has 2 N–H and O–H groups in total. The lowest BCUT2D eigenvalue weighted by Gasteiger charge is -2.33. The van der Waals surface area contributed by atoms with Gasteiger partial charge in [-0.3, -0.25) is 19.4 Å². The summed E-state index contributed by atoms with van der Waals surface area (Å²) in [4.78, 5) is 28.0. The molecular weight excluding hydrogens is 332 g/mol. The van der Waals surface area contributed by atoms with Crippen molar-refractivity contribution in [2.75, 3.05) is 59.0 Å². The highest BCUT2D eigenvalue weighted by Crippen LogP contribution is 2.07. The van der Waals surface area contributed by atoms with E-state index in [9.17, 15) is 9.59 Å². The van der Waals surface area contributed by atoms with Gasteiger partial charge in [0.05, 0.1) is 19.6 Å². The second-order valence-electron chi connectivity index (χ2n) is 6.41. The first-order valence-electron chi connectivity index (χ1n) is 9.33. The molecule has 1 heterocycles. The van der Waals surface area contributed by atoms with Crippen molar-refractivity contribution in [3.8, 4) is 5.75 Å². The zero-order valence-electron chi connectivity index (χ0n) is 15.6. The van der Waals surface area contributed by atoms with E-state index < -0.39 is 0 Å². The van der Waals surface area contributed by atoms with Crippen LogP contribution in [0.3, 0.4) is 0 Å². The van der Waals surface area contributed by atoms with Gasteiger partial charge in [-0.15, -0.1) is 0 Å². The Morgan fingerprint density at radius 1 is 0.923 bits per heavy atom. The summed E-state index contributed by atoms with van der Waals surface area (Å²) in [5.74, 6) is 0.896. The Balaban J connectivity index is 1.54. The van der Waals surface area contributed by atoms with Crippen LogP contribution in [0.2, 0.25) is 0 Å². The van der Waals surface area contributed by atoms with E-state index in [-0.39, 0.29) is 11.8 Å². The van der Waals surface area contributed by atoms with Crippen LogP contribution in [0.15, 0.2) is 30.3 Å².